The van der Waals surface area contributed by atoms with Gasteiger partial charge in [-0.3, -0.25) is 4.79 Å². The number of allylic oxidation sites excluding steroid dienone is 2. The number of carbonyl (C=O) groups excluding carboxylic acids is 1. The number of thiophene rings is 1. The van der Waals surface area contributed by atoms with Gasteiger partial charge in [0, 0.05) is 15.3 Å². The van der Waals surface area contributed by atoms with Gasteiger partial charge in [0.1, 0.15) is 22.7 Å². The Kier molecular flexibility index (Phi) is 4.57. The van der Waals surface area contributed by atoms with Gasteiger partial charge in [-0.05, 0) is 55.8 Å². The third kappa shape index (κ3) is 2.87. The standard InChI is InChI=1S/C21H20O2S2/c1-15(22)21-12-6-5-11-19(21)23-17(20(21)18-10-7-13-24-18)14-25-16-8-3-2-4-9-16/h2-4,7-11,13H,5-6,12,14H2,1H3. The predicted octanol–water partition coefficient (Wildman–Crippen LogP) is 5.92. The maximum absolute atomic E-state index is 12.8. The van der Waals surface area contributed by atoms with Crippen LogP contribution in [0.2, 0.25) is 0 Å². The molecule has 0 bridgehead atoms. The largest absolute Gasteiger partial charge is 0.464 e. The SMILES string of the molecule is CC(=O)C12CCCC=C1OC(CSc1ccccc1)=C2c1cccs1. The smallest absolute Gasteiger partial charge is 0.148 e. The quantitative estimate of drug-likeness (QED) is 0.612. The van der Waals surface area contributed by atoms with Gasteiger partial charge in [0.05, 0.1) is 5.75 Å². The second kappa shape index (κ2) is 6.85. The Morgan fingerprint density at radius 3 is 2.80 bits per heavy atom. The summed E-state index contributed by atoms with van der Waals surface area (Å²) in [5.41, 5.74) is 0.528. The number of carbonyl (C=O) groups is 1. The first-order chi connectivity index (χ1) is 12.2. The minimum Gasteiger partial charge on any atom is -0.464 e. The van der Waals surface area contributed by atoms with Crippen molar-refractivity contribution in [1.29, 1.82) is 0 Å². The summed E-state index contributed by atoms with van der Waals surface area (Å²) in [6.45, 7) is 1.71. The van der Waals surface area contributed by atoms with Crippen LogP contribution in [-0.4, -0.2) is 11.5 Å². The lowest BCUT2D eigenvalue weighted by atomic mass is 9.69. The summed E-state index contributed by atoms with van der Waals surface area (Å²) >= 11 is 3.45. The number of thioether (sulfide) groups is 1. The topological polar surface area (TPSA) is 26.3 Å². The van der Waals surface area contributed by atoms with Gasteiger partial charge >= 0.3 is 0 Å². The summed E-state index contributed by atoms with van der Waals surface area (Å²) in [5, 5.41) is 2.07. The monoisotopic (exact) mass is 368 g/mol. The molecule has 0 spiro atoms. The highest BCUT2D eigenvalue weighted by Gasteiger charge is 2.52. The van der Waals surface area contributed by atoms with Gasteiger partial charge in [-0.15, -0.1) is 23.1 Å². The summed E-state index contributed by atoms with van der Waals surface area (Å²) in [5.74, 6) is 2.74. The molecule has 0 amide bonds. The molecule has 0 saturated carbocycles. The van der Waals surface area contributed by atoms with Crippen molar-refractivity contribution in [2.24, 2.45) is 5.41 Å². The maximum Gasteiger partial charge on any atom is 0.148 e. The van der Waals surface area contributed by atoms with E-state index in [0.717, 1.165) is 47.0 Å². The summed E-state index contributed by atoms with van der Waals surface area (Å²) in [4.78, 5) is 15.1. The minimum atomic E-state index is -0.574. The molecule has 2 nitrogen and oxygen atoms in total. The van der Waals surface area contributed by atoms with Crippen molar-refractivity contribution in [2.75, 3.05) is 5.75 Å². The van der Waals surface area contributed by atoms with E-state index in [2.05, 4.69) is 29.7 Å². The molecule has 1 atom stereocenters. The molecule has 0 radical (unpaired) electrons. The molecule has 0 N–H and O–H groups in total. The summed E-state index contributed by atoms with van der Waals surface area (Å²) < 4.78 is 6.29. The molecule has 1 aliphatic carbocycles. The van der Waals surface area contributed by atoms with E-state index in [1.54, 1.807) is 30.0 Å². The van der Waals surface area contributed by atoms with Crippen molar-refractivity contribution in [3.63, 3.8) is 0 Å². The normalized spacial score (nSPS) is 22.4. The first kappa shape index (κ1) is 16.7. The molecule has 25 heavy (non-hydrogen) atoms. The van der Waals surface area contributed by atoms with Gasteiger partial charge in [0.15, 0.2) is 0 Å². The molecule has 1 unspecified atom stereocenters. The number of hydrogen-bond donors (Lipinski definition) is 0. The molecule has 4 heteroatoms. The van der Waals surface area contributed by atoms with Crippen molar-refractivity contribution < 1.29 is 9.53 Å². The fourth-order valence-corrected chi connectivity index (χ4v) is 5.48. The zero-order valence-corrected chi connectivity index (χ0v) is 15.8. The van der Waals surface area contributed by atoms with E-state index >= 15 is 0 Å². The lowest BCUT2D eigenvalue weighted by Gasteiger charge is -2.31. The number of rotatable bonds is 5. The van der Waals surface area contributed by atoms with Crippen LogP contribution in [0.4, 0.5) is 0 Å². The Bertz CT molecular complexity index is 834. The van der Waals surface area contributed by atoms with Crippen LogP contribution in [-0.2, 0) is 9.53 Å². The number of ether oxygens (including phenoxy) is 1. The molecule has 1 aliphatic heterocycles. The number of hydrogen-bond acceptors (Lipinski definition) is 4. The van der Waals surface area contributed by atoms with Crippen LogP contribution < -0.4 is 0 Å². The molecular formula is C21H20O2S2. The molecule has 2 aliphatic rings. The lowest BCUT2D eigenvalue weighted by Crippen LogP contribution is -2.32. The Morgan fingerprint density at radius 2 is 2.08 bits per heavy atom. The zero-order valence-electron chi connectivity index (χ0n) is 14.2. The fraction of sp³-hybridized carbons (Fsp3) is 0.286. The van der Waals surface area contributed by atoms with Crippen LogP contribution in [0, 0.1) is 5.41 Å². The summed E-state index contributed by atoms with van der Waals surface area (Å²) in [7, 11) is 0. The highest BCUT2D eigenvalue weighted by Crippen LogP contribution is 2.57. The number of fused-ring (bicyclic) bond motifs is 1. The van der Waals surface area contributed by atoms with Crippen LogP contribution in [0.1, 0.15) is 31.1 Å². The van der Waals surface area contributed by atoms with Crippen molar-refractivity contribution in [3.8, 4) is 0 Å². The number of Topliss-reactive ketones (excluding diaryl/α,β-unsaturated/α-hetero) is 1. The van der Waals surface area contributed by atoms with E-state index in [1.165, 1.54) is 4.90 Å². The van der Waals surface area contributed by atoms with Gasteiger partial charge < -0.3 is 4.74 Å². The third-order valence-electron chi connectivity index (χ3n) is 4.93. The molecule has 128 valence electrons. The second-order valence-electron chi connectivity index (χ2n) is 6.40. The van der Waals surface area contributed by atoms with E-state index in [1.807, 2.05) is 24.3 Å². The first-order valence-electron chi connectivity index (χ1n) is 8.57. The summed E-state index contributed by atoms with van der Waals surface area (Å²) in [6, 6.07) is 14.5. The van der Waals surface area contributed by atoms with E-state index in [9.17, 15) is 4.79 Å². The highest BCUT2D eigenvalue weighted by molar-refractivity contribution is 7.99. The molecule has 1 aromatic heterocycles. The van der Waals surface area contributed by atoms with Gasteiger partial charge in [-0.25, -0.2) is 0 Å². The van der Waals surface area contributed by atoms with Crippen molar-refractivity contribution in [3.05, 3.63) is 70.3 Å². The Hall–Kier alpha value is -1.78. The van der Waals surface area contributed by atoms with Gasteiger partial charge in [0.25, 0.3) is 0 Å². The average Bonchev–Trinajstić information content (AvgIpc) is 3.26. The van der Waals surface area contributed by atoms with E-state index in [0.29, 0.717) is 0 Å². The molecule has 0 fully saturated rings. The van der Waals surface area contributed by atoms with Crippen LogP contribution >= 0.6 is 23.1 Å². The van der Waals surface area contributed by atoms with Crippen LogP contribution in [0.3, 0.4) is 0 Å². The minimum absolute atomic E-state index is 0.196. The van der Waals surface area contributed by atoms with E-state index in [-0.39, 0.29) is 5.78 Å². The third-order valence-corrected chi connectivity index (χ3v) is 6.83. The molecule has 2 aromatic rings. The molecule has 0 saturated heterocycles. The summed E-state index contributed by atoms with van der Waals surface area (Å²) in [6.07, 6.45) is 4.99. The van der Waals surface area contributed by atoms with Crippen LogP contribution in [0.15, 0.2) is 70.3 Å². The predicted molar refractivity (Wildman–Crippen MR) is 105 cm³/mol. The highest BCUT2D eigenvalue weighted by atomic mass is 32.2. The lowest BCUT2D eigenvalue weighted by molar-refractivity contribution is -0.123. The molecule has 4 rings (SSSR count). The number of ketones is 1. The van der Waals surface area contributed by atoms with Gasteiger partial charge in [0.2, 0.25) is 0 Å². The maximum atomic E-state index is 12.8. The number of benzene rings is 1. The van der Waals surface area contributed by atoms with Crippen LogP contribution in [0.5, 0.6) is 0 Å². The van der Waals surface area contributed by atoms with Crippen molar-refractivity contribution >= 4 is 34.5 Å². The Labute approximate surface area is 156 Å². The van der Waals surface area contributed by atoms with Crippen LogP contribution in [0.25, 0.3) is 5.57 Å². The molecule has 1 aromatic carbocycles. The fourth-order valence-electron chi connectivity index (χ4n) is 3.76. The second-order valence-corrected chi connectivity index (χ2v) is 8.40. The van der Waals surface area contributed by atoms with Crippen molar-refractivity contribution in [2.45, 2.75) is 31.1 Å². The van der Waals surface area contributed by atoms with E-state index in [4.69, 9.17) is 4.74 Å². The average molecular weight is 369 g/mol. The van der Waals surface area contributed by atoms with E-state index < -0.39 is 5.41 Å². The van der Waals surface area contributed by atoms with Crippen molar-refractivity contribution in [1.82, 2.24) is 0 Å². The Balaban J connectivity index is 1.76. The molecule has 2 heterocycles. The Morgan fingerprint density at radius 1 is 1.24 bits per heavy atom. The molecular weight excluding hydrogens is 348 g/mol. The zero-order chi connectivity index (χ0) is 17.3. The van der Waals surface area contributed by atoms with Gasteiger partial charge in [-0.1, -0.05) is 24.3 Å². The first-order valence-corrected chi connectivity index (χ1v) is 10.4. The van der Waals surface area contributed by atoms with Gasteiger partial charge in [-0.2, -0.15) is 0 Å².